The van der Waals surface area contributed by atoms with E-state index in [-0.39, 0.29) is 10.7 Å². The Morgan fingerprint density at radius 2 is 1.58 bits per heavy atom. The Morgan fingerprint density at radius 1 is 0.935 bits per heavy atom. The summed E-state index contributed by atoms with van der Waals surface area (Å²) in [7, 11) is -2.10. The van der Waals surface area contributed by atoms with E-state index in [1.165, 1.54) is 0 Å². The molecule has 2 N–H and O–H groups in total. The number of anilines is 1. The highest BCUT2D eigenvalue weighted by atomic mass is 32.2. The number of methoxy groups -OCH3 is 1. The predicted octanol–water partition coefficient (Wildman–Crippen LogP) is 4.00. The largest absolute Gasteiger partial charge is 0.497 e. The Kier molecular flexibility index (Phi) is 7.04. The van der Waals surface area contributed by atoms with E-state index in [2.05, 4.69) is 15.6 Å². The Balaban J connectivity index is 1.79. The van der Waals surface area contributed by atoms with Crippen LogP contribution < -0.4 is 15.4 Å². The number of nitrogens with one attached hydrogen (secondary N) is 2. The standard InChI is InChI=1S/C23H23N3O4S/c1-17-8-14-21(15-9-17)31(28,29)16-24-22(18-6-4-3-5-7-18)26-23(27)25-19-10-12-20(30-2)13-11-19/h3-15H,16H2,1-2H3,(H2,24,25,26,27). The average molecular weight is 438 g/mol. The van der Waals surface area contributed by atoms with E-state index in [9.17, 15) is 13.2 Å². The fourth-order valence-electron chi connectivity index (χ4n) is 2.71. The molecule has 3 rings (SSSR count). The van der Waals surface area contributed by atoms with Gasteiger partial charge in [-0.2, -0.15) is 0 Å². The van der Waals surface area contributed by atoms with Crippen LogP contribution in [0.3, 0.4) is 0 Å². The highest BCUT2D eigenvalue weighted by Gasteiger charge is 2.16. The molecule has 2 amide bonds. The number of rotatable bonds is 6. The van der Waals surface area contributed by atoms with Crippen molar-refractivity contribution in [3.63, 3.8) is 0 Å². The summed E-state index contributed by atoms with van der Waals surface area (Å²) in [6.07, 6.45) is 0. The Morgan fingerprint density at radius 3 is 2.19 bits per heavy atom. The molecule has 0 saturated heterocycles. The van der Waals surface area contributed by atoms with Gasteiger partial charge in [0.1, 0.15) is 17.5 Å². The molecular weight excluding hydrogens is 414 g/mol. The molecule has 0 unspecified atom stereocenters. The lowest BCUT2D eigenvalue weighted by Crippen LogP contribution is -2.35. The topological polar surface area (TPSA) is 96.9 Å². The van der Waals surface area contributed by atoms with E-state index in [4.69, 9.17) is 4.74 Å². The minimum Gasteiger partial charge on any atom is -0.497 e. The van der Waals surface area contributed by atoms with Gasteiger partial charge in [0.25, 0.3) is 0 Å². The highest BCUT2D eigenvalue weighted by molar-refractivity contribution is 7.91. The second-order valence-corrected chi connectivity index (χ2v) is 8.70. The number of aliphatic imine (C=N–C) groups is 1. The number of amidine groups is 1. The molecule has 0 atom stereocenters. The van der Waals surface area contributed by atoms with E-state index >= 15 is 0 Å². The molecule has 0 aliphatic heterocycles. The summed E-state index contributed by atoms with van der Waals surface area (Å²) >= 11 is 0. The molecule has 0 aliphatic rings. The van der Waals surface area contributed by atoms with E-state index in [0.717, 1.165) is 5.56 Å². The molecular formula is C23H23N3O4S. The molecule has 0 bridgehead atoms. The first-order valence-electron chi connectivity index (χ1n) is 9.49. The number of carbonyl (C=O) groups excluding carboxylic acids is 1. The van der Waals surface area contributed by atoms with Gasteiger partial charge in [-0.15, -0.1) is 0 Å². The number of hydrogen-bond acceptors (Lipinski definition) is 5. The van der Waals surface area contributed by atoms with Crippen LogP contribution in [-0.2, 0) is 9.84 Å². The minimum atomic E-state index is -3.66. The minimum absolute atomic E-state index is 0.155. The van der Waals surface area contributed by atoms with Crippen LogP contribution >= 0.6 is 0 Å². The van der Waals surface area contributed by atoms with Crippen molar-refractivity contribution in [3.8, 4) is 5.75 Å². The van der Waals surface area contributed by atoms with Crippen LogP contribution in [0.15, 0.2) is 88.8 Å². The SMILES string of the molecule is COc1ccc(NC(=O)N/C(=N/CS(=O)(=O)c2ccc(C)cc2)c2ccccc2)cc1. The smallest absolute Gasteiger partial charge is 0.324 e. The molecule has 0 aromatic heterocycles. The van der Waals surface area contributed by atoms with Gasteiger partial charge < -0.3 is 10.1 Å². The summed E-state index contributed by atoms with van der Waals surface area (Å²) in [6.45, 7) is 1.88. The van der Waals surface area contributed by atoms with E-state index < -0.39 is 21.7 Å². The van der Waals surface area contributed by atoms with E-state index in [0.29, 0.717) is 17.0 Å². The number of benzene rings is 3. The molecule has 3 aromatic rings. The molecule has 8 heteroatoms. The maximum atomic E-state index is 12.7. The number of nitrogens with zero attached hydrogens (tertiary/aromatic N) is 1. The summed E-state index contributed by atoms with van der Waals surface area (Å²) in [6, 6.07) is 21.7. The number of ether oxygens (including phenoxy) is 1. The fourth-order valence-corrected chi connectivity index (χ4v) is 3.71. The zero-order valence-corrected chi connectivity index (χ0v) is 18.0. The summed E-state index contributed by atoms with van der Waals surface area (Å²) in [5.41, 5.74) is 2.11. The van der Waals surface area contributed by atoms with Crippen molar-refractivity contribution < 1.29 is 17.9 Å². The van der Waals surface area contributed by atoms with Crippen LogP contribution in [0.4, 0.5) is 10.5 Å². The lowest BCUT2D eigenvalue weighted by Gasteiger charge is -2.11. The first-order chi connectivity index (χ1) is 14.9. The van der Waals surface area contributed by atoms with E-state index in [1.54, 1.807) is 79.9 Å². The maximum absolute atomic E-state index is 12.7. The van der Waals surface area contributed by atoms with Gasteiger partial charge >= 0.3 is 6.03 Å². The summed E-state index contributed by atoms with van der Waals surface area (Å²) in [5, 5.41) is 5.34. The number of hydrogen-bond donors (Lipinski definition) is 2. The molecule has 0 radical (unpaired) electrons. The number of carbonyl (C=O) groups is 1. The van der Waals surface area contributed by atoms with Crippen LogP contribution in [0.2, 0.25) is 0 Å². The third-order valence-electron chi connectivity index (χ3n) is 4.40. The van der Waals surface area contributed by atoms with Crippen LogP contribution in [-0.4, -0.2) is 33.3 Å². The molecule has 160 valence electrons. The van der Waals surface area contributed by atoms with Crippen LogP contribution in [0.1, 0.15) is 11.1 Å². The monoisotopic (exact) mass is 437 g/mol. The molecule has 0 saturated carbocycles. The average Bonchev–Trinajstić information content (AvgIpc) is 2.78. The van der Waals surface area contributed by atoms with Gasteiger partial charge in [0, 0.05) is 11.3 Å². The van der Waals surface area contributed by atoms with Gasteiger partial charge in [-0.1, -0.05) is 48.0 Å². The van der Waals surface area contributed by atoms with Crippen molar-refractivity contribution in [3.05, 3.63) is 90.0 Å². The Hall–Kier alpha value is -3.65. The molecule has 0 heterocycles. The van der Waals surface area contributed by atoms with Crippen LogP contribution in [0.25, 0.3) is 0 Å². The van der Waals surface area contributed by atoms with Crippen molar-refractivity contribution in [2.75, 3.05) is 18.3 Å². The predicted molar refractivity (Wildman–Crippen MR) is 121 cm³/mol. The number of aryl methyl sites for hydroxylation is 1. The number of sulfone groups is 1. The normalized spacial score (nSPS) is 11.6. The van der Waals surface area contributed by atoms with Crippen molar-refractivity contribution in [1.29, 1.82) is 0 Å². The number of amides is 2. The maximum Gasteiger partial charge on any atom is 0.324 e. The van der Waals surface area contributed by atoms with Gasteiger partial charge in [0.05, 0.1) is 12.0 Å². The third kappa shape index (κ3) is 6.16. The third-order valence-corrected chi connectivity index (χ3v) is 5.86. The van der Waals surface area contributed by atoms with Gasteiger partial charge in [0.15, 0.2) is 9.84 Å². The lowest BCUT2D eigenvalue weighted by atomic mass is 10.2. The molecule has 3 aromatic carbocycles. The zero-order chi connectivity index (χ0) is 22.3. The first-order valence-corrected chi connectivity index (χ1v) is 11.1. The molecule has 0 spiro atoms. The summed E-state index contributed by atoms with van der Waals surface area (Å²) in [5.74, 6) is 0.324. The highest BCUT2D eigenvalue weighted by Crippen LogP contribution is 2.15. The summed E-state index contributed by atoms with van der Waals surface area (Å²) in [4.78, 5) is 16.9. The fraction of sp³-hybridized carbons (Fsp3) is 0.130. The Labute approximate surface area is 181 Å². The van der Waals surface area contributed by atoms with Crippen LogP contribution in [0, 0.1) is 6.92 Å². The van der Waals surface area contributed by atoms with Crippen LogP contribution in [0.5, 0.6) is 5.75 Å². The molecule has 31 heavy (non-hydrogen) atoms. The lowest BCUT2D eigenvalue weighted by molar-refractivity contribution is 0.256. The van der Waals surface area contributed by atoms with Crippen molar-refractivity contribution in [2.24, 2.45) is 4.99 Å². The van der Waals surface area contributed by atoms with Crippen molar-refractivity contribution in [1.82, 2.24) is 5.32 Å². The van der Waals surface area contributed by atoms with Crippen molar-refractivity contribution in [2.45, 2.75) is 11.8 Å². The van der Waals surface area contributed by atoms with Crippen molar-refractivity contribution >= 4 is 27.4 Å². The van der Waals surface area contributed by atoms with Gasteiger partial charge in [-0.25, -0.2) is 13.2 Å². The quantitative estimate of drug-likeness (QED) is 0.450. The molecule has 7 nitrogen and oxygen atoms in total. The molecule has 0 aliphatic carbocycles. The molecule has 0 fully saturated rings. The summed E-state index contributed by atoms with van der Waals surface area (Å²) < 4.78 is 30.4. The first kappa shape index (κ1) is 22.0. The number of urea groups is 1. The van der Waals surface area contributed by atoms with Gasteiger partial charge in [-0.05, 0) is 43.3 Å². The van der Waals surface area contributed by atoms with E-state index in [1.807, 2.05) is 13.0 Å². The second-order valence-electron chi connectivity index (χ2n) is 6.74. The second kappa shape index (κ2) is 9.90. The van der Waals surface area contributed by atoms with Gasteiger partial charge in [-0.3, -0.25) is 10.3 Å². The zero-order valence-electron chi connectivity index (χ0n) is 17.2. The Bertz CT molecular complexity index is 1160. The van der Waals surface area contributed by atoms with Gasteiger partial charge in [0.2, 0.25) is 0 Å².